The summed E-state index contributed by atoms with van der Waals surface area (Å²) in [5.41, 5.74) is 1.88. The van der Waals surface area contributed by atoms with Crippen LogP contribution < -0.4 is 20.1 Å². The molecule has 7 heteroatoms. The third-order valence-electron chi connectivity index (χ3n) is 5.07. The second kappa shape index (κ2) is 9.66. The van der Waals surface area contributed by atoms with E-state index in [2.05, 4.69) is 10.6 Å². The summed E-state index contributed by atoms with van der Waals surface area (Å²) in [5, 5.41) is 7.75. The van der Waals surface area contributed by atoms with Crippen LogP contribution in [-0.4, -0.2) is 31.1 Å². The summed E-state index contributed by atoms with van der Waals surface area (Å²) in [6, 6.07) is 17.9. The van der Waals surface area contributed by atoms with Crippen molar-refractivity contribution in [1.82, 2.24) is 10.6 Å². The molecule has 2 N–H and O–H groups in total. The van der Waals surface area contributed by atoms with Crippen molar-refractivity contribution in [3.63, 3.8) is 0 Å². The number of ether oxygens (including phenoxy) is 2. The minimum atomic E-state index is -0.698. The summed E-state index contributed by atoms with van der Waals surface area (Å²) in [6.45, 7) is 2.94. The first-order chi connectivity index (χ1) is 15.1. The quantitative estimate of drug-likeness (QED) is 0.592. The molecule has 2 atom stereocenters. The van der Waals surface area contributed by atoms with Crippen molar-refractivity contribution in [2.24, 2.45) is 0 Å². The van der Waals surface area contributed by atoms with Crippen molar-refractivity contribution in [3.8, 4) is 11.5 Å². The van der Waals surface area contributed by atoms with Crippen LogP contribution in [0.1, 0.15) is 33.8 Å². The van der Waals surface area contributed by atoms with E-state index in [0.717, 1.165) is 11.1 Å². The molecule has 4 rings (SSSR count). The van der Waals surface area contributed by atoms with Crippen molar-refractivity contribution in [2.45, 2.75) is 25.4 Å². The third-order valence-corrected chi connectivity index (χ3v) is 5.94. The molecule has 0 unspecified atom stereocenters. The van der Waals surface area contributed by atoms with Crippen molar-refractivity contribution >= 4 is 23.2 Å². The summed E-state index contributed by atoms with van der Waals surface area (Å²) in [6.07, 6.45) is 0.400. The van der Waals surface area contributed by atoms with Gasteiger partial charge in [0.05, 0.1) is 10.9 Å². The number of carbonyl (C=O) groups excluding carboxylic acids is 2. The third kappa shape index (κ3) is 5.24. The maximum atomic E-state index is 13.1. The summed E-state index contributed by atoms with van der Waals surface area (Å²) in [5.74, 6) is 0.893. The van der Waals surface area contributed by atoms with E-state index < -0.39 is 6.04 Å². The van der Waals surface area contributed by atoms with Gasteiger partial charge in [-0.1, -0.05) is 42.5 Å². The highest BCUT2D eigenvalue weighted by Crippen LogP contribution is 2.32. The average molecular weight is 437 g/mol. The highest BCUT2D eigenvalue weighted by Gasteiger charge is 2.24. The fraction of sp³-hybridized carbons (Fsp3) is 0.250. The molecule has 1 aliphatic heterocycles. The predicted octanol–water partition coefficient (Wildman–Crippen LogP) is 3.74. The van der Waals surface area contributed by atoms with E-state index in [4.69, 9.17) is 9.47 Å². The predicted molar refractivity (Wildman–Crippen MR) is 120 cm³/mol. The first-order valence-corrected chi connectivity index (χ1v) is 11.1. The standard InChI is InChI=1S/C24H24N2O4S/c1-16(18-9-10-20-21(15-18)30-12-11-29-20)25-23(27)19(14-17-6-3-2-4-7-17)26-24(28)22-8-5-13-31-22/h2-10,13,15-16,19H,11-12,14H2,1H3,(H,25,27)(H,26,28)/t16-,19-/m0/s1. The molecule has 6 nitrogen and oxygen atoms in total. The molecule has 2 amide bonds. The Morgan fingerprint density at radius 2 is 1.74 bits per heavy atom. The number of hydrogen-bond donors (Lipinski definition) is 2. The fourth-order valence-corrected chi connectivity index (χ4v) is 4.05. The van der Waals surface area contributed by atoms with Gasteiger partial charge in [-0.3, -0.25) is 9.59 Å². The molecular weight excluding hydrogens is 412 g/mol. The molecule has 0 spiro atoms. The van der Waals surface area contributed by atoms with Gasteiger partial charge in [0.1, 0.15) is 19.3 Å². The van der Waals surface area contributed by atoms with Crippen molar-refractivity contribution < 1.29 is 19.1 Å². The van der Waals surface area contributed by atoms with Crippen LogP contribution in [0.25, 0.3) is 0 Å². The monoisotopic (exact) mass is 436 g/mol. The lowest BCUT2D eigenvalue weighted by Crippen LogP contribution is -2.48. The molecule has 1 aliphatic rings. The van der Waals surface area contributed by atoms with Gasteiger partial charge in [0.25, 0.3) is 5.91 Å². The number of benzene rings is 2. The van der Waals surface area contributed by atoms with Crippen LogP contribution in [-0.2, 0) is 11.2 Å². The second-order valence-corrected chi connectivity index (χ2v) is 8.27. The van der Waals surface area contributed by atoms with E-state index in [1.54, 1.807) is 6.07 Å². The number of fused-ring (bicyclic) bond motifs is 1. The van der Waals surface area contributed by atoms with Crippen LogP contribution in [0.2, 0.25) is 0 Å². The first-order valence-electron chi connectivity index (χ1n) is 10.2. The minimum Gasteiger partial charge on any atom is -0.486 e. The van der Waals surface area contributed by atoms with E-state index >= 15 is 0 Å². The zero-order valence-electron chi connectivity index (χ0n) is 17.2. The maximum absolute atomic E-state index is 13.1. The summed E-state index contributed by atoms with van der Waals surface area (Å²) in [7, 11) is 0. The van der Waals surface area contributed by atoms with Crippen LogP contribution >= 0.6 is 11.3 Å². The molecule has 2 aromatic carbocycles. The zero-order valence-corrected chi connectivity index (χ0v) is 18.0. The number of amides is 2. The molecule has 0 bridgehead atoms. The highest BCUT2D eigenvalue weighted by atomic mass is 32.1. The fourth-order valence-electron chi connectivity index (χ4n) is 3.42. The Balaban J connectivity index is 1.48. The maximum Gasteiger partial charge on any atom is 0.262 e. The molecule has 3 aromatic rings. The van der Waals surface area contributed by atoms with Crippen LogP contribution in [0.15, 0.2) is 66.0 Å². The largest absolute Gasteiger partial charge is 0.486 e. The Labute approximate surface area is 185 Å². The van der Waals surface area contributed by atoms with Crippen molar-refractivity contribution in [2.75, 3.05) is 13.2 Å². The van der Waals surface area contributed by atoms with Gasteiger partial charge in [0.2, 0.25) is 5.91 Å². The lowest BCUT2D eigenvalue weighted by Gasteiger charge is -2.23. The zero-order chi connectivity index (χ0) is 21.6. The smallest absolute Gasteiger partial charge is 0.262 e. The van der Waals surface area contributed by atoms with Gasteiger partial charge in [0.15, 0.2) is 11.5 Å². The van der Waals surface area contributed by atoms with Crippen LogP contribution in [0.3, 0.4) is 0 Å². The van der Waals surface area contributed by atoms with E-state index in [1.165, 1.54) is 11.3 Å². The van der Waals surface area contributed by atoms with E-state index in [9.17, 15) is 9.59 Å². The van der Waals surface area contributed by atoms with Gasteiger partial charge in [-0.15, -0.1) is 11.3 Å². The van der Waals surface area contributed by atoms with Crippen LogP contribution in [0, 0.1) is 0 Å². The molecular formula is C24H24N2O4S. The van der Waals surface area contributed by atoms with Gasteiger partial charge < -0.3 is 20.1 Å². The molecule has 0 fully saturated rings. The van der Waals surface area contributed by atoms with Gasteiger partial charge in [-0.05, 0) is 41.6 Å². The van der Waals surface area contributed by atoms with Gasteiger partial charge in [0, 0.05) is 6.42 Å². The van der Waals surface area contributed by atoms with Gasteiger partial charge in [-0.2, -0.15) is 0 Å². The Hall–Kier alpha value is -3.32. The molecule has 0 saturated carbocycles. The lowest BCUT2D eigenvalue weighted by atomic mass is 10.0. The number of nitrogens with one attached hydrogen (secondary N) is 2. The second-order valence-electron chi connectivity index (χ2n) is 7.33. The molecule has 1 aromatic heterocycles. The Morgan fingerprint density at radius 1 is 0.968 bits per heavy atom. The lowest BCUT2D eigenvalue weighted by molar-refractivity contribution is -0.123. The number of hydrogen-bond acceptors (Lipinski definition) is 5. The minimum absolute atomic E-state index is 0.240. The highest BCUT2D eigenvalue weighted by molar-refractivity contribution is 7.12. The topological polar surface area (TPSA) is 76.7 Å². The molecule has 0 radical (unpaired) electrons. The molecule has 0 aliphatic carbocycles. The summed E-state index contributed by atoms with van der Waals surface area (Å²) < 4.78 is 11.2. The van der Waals surface area contributed by atoms with Crippen molar-refractivity contribution in [3.05, 3.63) is 82.0 Å². The number of thiophene rings is 1. The van der Waals surface area contributed by atoms with Gasteiger partial charge >= 0.3 is 0 Å². The molecule has 160 valence electrons. The SMILES string of the molecule is C[C@H](NC(=O)[C@H](Cc1ccccc1)NC(=O)c1cccs1)c1ccc2c(c1)OCCO2. The van der Waals surface area contributed by atoms with Crippen molar-refractivity contribution in [1.29, 1.82) is 0 Å². The molecule has 0 saturated heterocycles. The number of carbonyl (C=O) groups is 2. The Morgan fingerprint density at radius 3 is 2.48 bits per heavy atom. The first kappa shape index (κ1) is 20.9. The van der Waals surface area contributed by atoms with Crippen LogP contribution in [0.5, 0.6) is 11.5 Å². The Bertz CT molecular complexity index is 1040. The van der Waals surface area contributed by atoms with E-state index in [-0.39, 0.29) is 17.9 Å². The molecule has 2 heterocycles. The summed E-state index contributed by atoms with van der Waals surface area (Å²) in [4.78, 5) is 26.3. The molecule has 31 heavy (non-hydrogen) atoms. The van der Waals surface area contributed by atoms with E-state index in [1.807, 2.05) is 66.9 Å². The average Bonchev–Trinajstić information content (AvgIpc) is 3.34. The van der Waals surface area contributed by atoms with Crippen LogP contribution in [0.4, 0.5) is 0 Å². The number of rotatable bonds is 7. The van der Waals surface area contributed by atoms with E-state index in [0.29, 0.717) is 36.0 Å². The normalized spacial score (nSPS) is 14.4. The van der Waals surface area contributed by atoms with Gasteiger partial charge in [-0.25, -0.2) is 0 Å². The Kier molecular flexibility index (Phi) is 6.52. The summed E-state index contributed by atoms with van der Waals surface area (Å²) >= 11 is 1.35.